The Morgan fingerprint density at radius 2 is 1.67 bits per heavy atom. The molecule has 0 radical (unpaired) electrons. The number of esters is 1. The first-order valence-electron chi connectivity index (χ1n) is 8.87. The fourth-order valence-corrected chi connectivity index (χ4v) is 4.49. The molecule has 0 spiro atoms. The summed E-state index contributed by atoms with van der Waals surface area (Å²) in [6, 6.07) is 3.28. The molecule has 9 nitrogen and oxygen atoms in total. The maximum Gasteiger partial charge on any atom is 0.339 e. The van der Waals surface area contributed by atoms with Crippen LogP contribution < -0.4 is 10.5 Å². The lowest BCUT2D eigenvalue weighted by molar-refractivity contribution is -0.996. The van der Waals surface area contributed by atoms with Gasteiger partial charge in [0.2, 0.25) is 0 Å². The first-order chi connectivity index (χ1) is 12.5. The maximum atomic E-state index is 12.7. The minimum Gasteiger partial charge on any atom is -0.595 e. The van der Waals surface area contributed by atoms with E-state index in [1.165, 1.54) is 0 Å². The van der Waals surface area contributed by atoms with Crippen molar-refractivity contribution in [1.29, 1.82) is 0 Å². The Balaban J connectivity index is 1.86. The average Bonchev–Trinajstić information content (AvgIpc) is 3.11. The molecule has 3 rings (SSSR count). The Morgan fingerprint density at radius 3 is 2.15 bits per heavy atom. The third kappa shape index (κ3) is 3.59. The Labute approximate surface area is 157 Å². The monoisotopic (exact) mass is 382 g/mol. The van der Waals surface area contributed by atoms with Gasteiger partial charge in [-0.25, -0.2) is 15.2 Å². The van der Waals surface area contributed by atoms with Crippen molar-refractivity contribution in [2.45, 2.75) is 45.3 Å². The minimum absolute atomic E-state index is 0.0967. The van der Waals surface area contributed by atoms with Crippen molar-refractivity contribution in [2.75, 3.05) is 7.11 Å². The van der Waals surface area contributed by atoms with Gasteiger partial charge in [-0.2, -0.15) is 10.5 Å². The van der Waals surface area contributed by atoms with Crippen molar-refractivity contribution >= 4 is 17.3 Å². The Hall–Kier alpha value is -1.59. The normalized spacial score (nSPS) is 33.7. The average molecular weight is 382 g/mol. The molecule has 0 amide bonds. The van der Waals surface area contributed by atoms with Crippen LogP contribution in [-0.4, -0.2) is 35.2 Å². The second-order valence-corrected chi connectivity index (χ2v) is 8.31. The van der Waals surface area contributed by atoms with E-state index in [2.05, 4.69) is 13.8 Å². The number of rotatable bonds is 5. The van der Waals surface area contributed by atoms with Crippen molar-refractivity contribution in [3.05, 3.63) is 34.2 Å². The van der Waals surface area contributed by atoms with E-state index in [0.717, 1.165) is 24.6 Å². The standard InChI is InChI=1S/C18H26N2O7/c1-17(2)13-8-15(26-4)18(3,9-14(13)17)27-16(21)10-5-11(19(22)23)7-12(6-10)20(24)25/h5-7,13-15,19-20,22,24H,8-9H2,1-4H3/t13-,14-,15-,18-/m1/s1. The largest absolute Gasteiger partial charge is 0.595 e. The van der Waals surface area contributed by atoms with Crippen molar-refractivity contribution in [1.82, 2.24) is 0 Å². The molecule has 0 aromatic heterocycles. The highest BCUT2D eigenvalue weighted by atomic mass is 16.8. The summed E-state index contributed by atoms with van der Waals surface area (Å²) in [4.78, 5) is 12.7. The van der Waals surface area contributed by atoms with Crippen LogP contribution in [0.2, 0.25) is 0 Å². The highest BCUT2D eigenvalue weighted by molar-refractivity contribution is 5.91. The molecule has 6 atom stereocenters. The molecule has 4 N–H and O–H groups in total. The maximum absolute atomic E-state index is 12.7. The van der Waals surface area contributed by atoms with Crippen LogP contribution in [0.4, 0.5) is 11.4 Å². The van der Waals surface area contributed by atoms with Crippen LogP contribution in [0, 0.1) is 27.7 Å². The van der Waals surface area contributed by atoms with Crippen LogP contribution in [0.15, 0.2) is 18.2 Å². The molecule has 1 aromatic carbocycles. The molecule has 0 aliphatic heterocycles. The fraction of sp³-hybridized carbons (Fsp3) is 0.611. The van der Waals surface area contributed by atoms with Gasteiger partial charge in [0.25, 0.3) is 0 Å². The lowest BCUT2D eigenvalue weighted by Crippen LogP contribution is -3.00. The molecule has 2 fully saturated rings. The zero-order chi connectivity index (χ0) is 20.1. The summed E-state index contributed by atoms with van der Waals surface area (Å²) in [6.07, 6.45) is 1.17. The number of hydrogen-bond acceptors (Lipinski definition) is 7. The molecule has 2 saturated carbocycles. The zero-order valence-electron chi connectivity index (χ0n) is 15.8. The number of quaternary nitrogens is 2. The lowest BCUT2D eigenvalue weighted by Gasteiger charge is -2.39. The summed E-state index contributed by atoms with van der Waals surface area (Å²) in [7, 11) is 1.58. The number of ether oxygens (including phenoxy) is 2. The van der Waals surface area contributed by atoms with Crippen molar-refractivity contribution < 1.29 is 35.1 Å². The molecule has 150 valence electrons. The Bertz CT molecular complexity index is 710. The molecule has 0 saturated heterocycles. The highest BCUT2D eigenvalue weighted by Gasteiger charge is 2.65. The SMILES string of the molecule is CO[C@@H]1C[C@@H]2[C@@H](C[C@@]1(C)OC(=O)c1cc([NH+]([O-])O)cc([NH+]([O-])O)c1)C2(C)C. The van der Waals surface area contributed by atoms with Crippen LogP contribution in [0.25, 0.3) is 0 Å². The van der Waals surface area contributed by atoms with Crippen molar-refractivity contribution in [2.24, 2.45) is 17.3 Å². The zero-order valence-corrected chi connectivity index (χ0v) is 15.8. The predicted octanol–water partition coefficient (Wildman–Crippen LogP) is 0.490. The van der Waals surface area contributed by atoms with Gasteiger partial charge in [-0.1, -0.05) is 13.8 Å². The number of benzene rings is 1. The second-order valence-electron chi connectivity index (χ2n) is 8.31. The van der Waals surface area contributed by atoms with Gasteiger partial charge < -0.3 is 19.9 Å². The van der Waals surface area contributed by atoms with Crippen LogP contribution in [0.1, 0.15) is 44.0 Å². The molecule has 2 unspecified atom stereocenters. The van der Waals surface area contributed by atoms with Crippen LogP contribution in [-0.2, 0) is 9.47 Å². The third-order valence-corrected chi connectivity index (χ3v) is 6.34. The van der Waals surface area contributed by atoms with Gasteiger partial charge in [0.1, 0.15) is 5.60 Å². The van der Waals surface area contributed by atoms with Gasteiger partial charge >= 0.3 is 5.97 Å². The van der Waals surface area contributed by atoms with E-state index in [1.54, 1.807) is 7.11 Å². The fourth-order valence-electron chi connectivity index (χ4n) is 4.49. The molecule has 0 bridgehead atoms. The molecular formula is C18H26N2O7. The van der Waals surface area contributed by atoms with Gasteiger partial charge in [0.15, 0.2) is 11.4 Å². The van der Waals surface area contributed by atoms with E-state index >= 15 is 0 Å². The first kappa shape index (κ1) is 20.2. The van der Waals surface area contributed by atoms with E-state index in [0.29, 0.717) is 18.3 Å². The van der Waals surface area contributed by atoms with Crippen molar-refractivity contribution in [3.63, 3.8) is 0 Å². The predicted molar refractivity (Wildman–Crippen MR) is 92.6 cm³/mol. The van der Waals surface area contributed by atoms with Crippen LogP contribution >= 0.6 is 0 Å². The number of fused-ring (bicyclic) bond motifs is 1. The van der Waals surface area contributed by atoms with Gasteiger partial charge in [-0.3, -0.25) is 0 Å². The first-order valence-corrected chi connectivity index (χ1v) is 8.87. The summed E-state index contributed by atoms with van der Waals surface area (Å²) in [5, 5.41) is 38.3. The highest BCUT2D eigenvalue weighted by Crippen LogP contribution is 2.67. The van der Waals surface area contributed by atoms with E-state index < -0.39 is 22.0 Å². The van der Waals surface area contributed by atoms with Crippen LogP contribution in [0.3, 0.4) is 0 Å². The summed E-state index contributed by atoms with van der Waals surface area (Å²) in [5.41, 5.74) is -1.32. The number of nitrogens with one attached hydrogen (secondary N) is 2. The molecule has 0 heterocycles. The van der Waals surface area contributed by atoms with Crippen molar-refractivity contribution in [3.8, 4) is 0 Å². The number of carbonyl (C=O) groups is 1. The third-order valence-electron chi connectivity index (χ3n) is 6.34. The van der Waals surface area contributed by atoms with E-state index in [-0.39, 0.29) is 28.5 Å². The van der Waals surface area contributed by atoms with E-state index in [9.17, 15) is 25.6 Å². The molecular weight excluding hydrogens is 356 g/mol. The second kappa shape index (κ2) is 6.78. The molecule has 27 heavy (non-hydrogen) atoms. The van der Waals surface area contributed by atoms with Crippen LogP contribution in [0.5, 0.6) is 0 Å². The van der Waals surface area contributed by atoms with Gasteiger partial charge in [-0.05, 0) is 37.0 Å². The molecule has 2 aliphatic rings. The molecule has 9 heteroatoms. The van der Waals surface area contributed by atoms with E-state index in [4.69, 9.17) is 9.47 Å². The quantitative estimate of drug-likeness (QED) is 0.430. The molecule has 1 aromatic rings. The number of carbonyl (C=O) groups excluding carboxylic acids is 1. The summed E-state index contributed by atoms with van der Waals surface area (Å²) < 4.78 is 11.4. The summed E-state index contributed by atoms with van der Waals surface area (Å²) in [6.45, 7) is 6.21. The Kier molecular flexibility index (Phi) is 5.06. The topological polar surface area (TPSA) is 131 Å². The summed E-state index contributed by atoms with van der Waals surface area (Å²) in [5.74, 6) is 0.215. The summed E-state index contributed by atoms with van der Waals surface area (Å²) >= 11 is 0. The lowest BCUT2D eigenvalue weighted by atomic mass is 9.83. The van der Waals surface area contributed by atoms with Gasteiger partial charge in [0, 0.05) is 19.2 Å². The number of hydrogen-bond donors (Lipinski definition) is 4. The molecule has 2 aliphatic carbocycles. The van der Waals surface area contributed by atoms with Gasteiger partial charge in [0.05, 0.1) is 17.7 Å². The van der Waals surface area contributed by atoms with E-state index in [1.807, 2.05) is 6.92 Å². The Morgan fingerprint density at radius 1 is 1.11 bits per heavy atom. The van der Waals surface area contributed by atoms with Gasteiger partial charge in [-0.15, -0.1) is 0 Å². The minimum atomic E-state index is -1.31. The smallest absolute Gasteiger partial charge is 0.339 e. The number of methoxy groups -OCH3 is 1.